The molecule has 0 aliphatic carbocycles. The van der Waals surface area contributed by atoms with Crippen molar-refractivity contribution in [3.63, 3.8) is 0 Å². The van der Waals surface area contributed by atoms with Crippen LogP contribution in [0.4, 0.5) is 0 Å². The lowest BCUT2D eigenvalue weighted by atomic mass is 9.84. The Morgan fingerprint density at radius 1 is 0.957 bits per heavy atom. The Labute approximate surface area is 131 Å². The second kappa shape index (κ2) is 5.68. The zero-order chi connectivity index (χ0) is 16.6. The molecule has 0 radical (unpaired) electrons. The van der Waals surface area contributed by atoms with E-state index in [0.717, 1.165) is 0 Å². The fourth-order valence-electron chi connectivity index (χ4n) is 2.66. The zero-order valence-electron chi connectivity index (χ0n) is 12.2. The molecule has 7 heteroatoms. The first-order chi connectivity index (χ1) is 11.0. The van der Waals surface area contributed by atoms with E-state index in [2.05, 4.69) is 0 Å². The highest BCUT2D eigenvalue weighted by atomic mass is 16.6. The number of hydrogen-bond acceptors (Lipinski definition) is 7. The Balaban J connectivity index is 2.14. The number of hydrogen-bond donors (Lipinski definition) is 2. The second-order valence-corrected chi connectivity index (χ2v) is 5.08. The Morgan fingerprint density at radius 3 is 1.78 bits per heavy atom. The van der Waals surface area contributed by atoms with Crippen molar-refractivity contribution < 1.29 is 34.0 Å². The number of esters is 2. The molecule has 1 aromatic carbocycles. The maximum absolute atomic E-state index is 12.0. The van der Waals surface area contributed by atoms with Gasteiger partial charge in [0.1, 0.15) is 30.5 Å². The van der Waals surface area contributed by atoms with Gasteiger partial charge in [-0.15, -0.1) is 0 Å². The molecular formula is C16H14O7. The molecule has 0 fully saturated rings. The molecule has 2 aliphatic heterocycles. The van der Waals surface area contributed by atoms with E-state index in [1.54, 1.807) is 24.3 Å². The minimum Gasteiger partial charge on any atom is -0.508 e. The number of ether oxygens (including phenoxy) is 3. The Bertz CT molecular complexity index is 687. The summed E-state index contributed by atoms with van der Waals surface area (Å²) in [7, 11) is 1.51. The summed E-state index contributed by atoms with van der Waals surface area (Å²) in [6.07, 6.45) is 0. The number of methoxy groups -OCH3 is 1. The smallest absolute Gasteiger partial charge is 0.338 e. The van der Waals surface area contributed by atoms with Crippen LogP contribution in [-0.4, -0.2) is 42.5 Å². The van der Waals surface area contributed by atoms with E-state index < -0.39 is 17.9 Å². The first kappa shape index (κ1) is 15.0. The molecule has 120 valence electrons. The van der Waals surface area contributed by atoms with Gasteiger partial charge in [0.25, 0.3) is 0 Å². The lowest BCUT2D eigenvalue weighted by molar-refractivity contribution is -0.136. The van der Waals surface area contributed by atoms with Gasteiger partial charge in [0.05, 0.1) is 24.2 Å². The molecular weight excluding hydrogens is 304 g/mol. The summed E-state index contributed by atoms with van der Waals surface area (Å²) >= 11 is 0. The molecule has 0 bridgehead atoms. The van der Waals surface area contributed by atoms with Crippen molar-refractivity contribution in [2.45, 2.75) is 5.92 Å². The van der Waals surface area contributed by atoms with Crippen LogP contribution in [0.1, 0.15) is 11.5 Å². The molecule has 2 N–H and O–H groups in total. The fraction of sp³-hybridized carbons (Fsp3) is 0.250. The van der Waals surface area contributed by atoms with Gasteiger partial charge in [0.15, 0.2) is 0 Å². The largest absolute Gasteiger partial charge is 0.508 e. The van der Waals surface area contributed by atoms with Gasteiger partial charge in [-0.1, -0.05) is 12.1 Å². The third-order valence-electron chi connectivity index (χ3n) is 3.77. The van der Waals surface area contributed by atoms with Crippen molar-refractivity contribution in [1.29, 1.82) is 0 Å². The number of benzene rings is 1. The second-order valence-electron chi connectivity index (χ2n) is 5.08. The first-order valence-electron chi connectivity index (χ1n) is 6.85. The number of cyclic esters (lactones) is 2. The van der Waals surface area contributed by atoms with Crippen LogP contribution < -0.4 is 4.74 Å². The normalized spacial score (nSPS) is 17.8. The van der Waals surface area contributed by atoms with Gasteiger partial charge in [-0.2, -0.15) is 0 Å². The summed E-state index contributed by atoms with van der Waals surface area (Å²) in [6, 6.07) is 6.58. The summed E-state index contributed by atoms with van der Waals surface area (Å²) in [4.78, 5) is 23.9. The maximum atomic E-state index is 12.0. The predicted molar refractivity (Wildman–Crippen MR) is 77.0 cm³/mol. The SMILES string of the molecule is COc1ccc(C(C2=C(O)COC2=O)C2=C(O)COC2=O)cc1. The number of rotatable bonds is 4. The zero-order valence-corrected chi connectivity index (χ0v) is 12.2. The monoisotopic (exact) mass is 318 g/mol. The summed E-state index contributed by atoms with van der Waals surface area (Å²) in [5, 5.41) is 20.0. The van der Waals surface area contributed by atoms with Crippen LogP contribution in [0.2, 0.25) is 0 Å². The van der Waals surface area contributed by atoms with Gasteiger partial charge in [0.2, 0.25) is 0 Å². The highest BCUT2D eigenvalue weighted by Crippen LogP contribution is 2.40. The van der Waals surface area contributed by atoms with E-state index in [0.29, 0.717) is 11.3 Å². The minimum absolute atomic E-state index is 0.0735. The van der Waals surface area contributed by atoms with Crippen molar-refractivity contribution >= 4 is 11.9 Å². The molecule has 1 aromatic rings. The minimum atomic E-state index is -0.967. The summed E-state index contributed by atoms with van der Waals surface area (Å²) < 4.78 is 14.7. The summed E-state index contributed by atoms with van der Waals surface area (Å²) in [5.41, 5.74) is 0.373. The van der Waals surface area contributed by atoms with E-state index >= 15 is 0 Å². The van der Waals surface area contributed by atoms with E-state index in [4.69, 9.17) is 14.2 Å². The van der Waals surface area contributed by atoms with Crippen molar-refractivity contribution in [1.82, 2.24) is 0 Å². The topological polar surface area (TPSA) is 102 Å². The maximum Gasteiger partial charge on any atom is 0.338 e. The van der Waals surface area contributed by atoms with Crippen LogP contribution >= 0.6 is 0 Å². The number of aliphatic hydroxyl groups is 2. The molecule has 2 heterocycles. The Hall–Kier alpha value is -2.96. The molecule has 0 saturated carbocycles. The number of carbonyl (C=O) groups is 2. The fourth-order valence-corrected chi connectivity index (χ4v) is 2.66. The van der Waals surface area contributed by atoms with Crippen LogP contribution in [0.3, 0.4) is 0 Å². The molecule has 7 nitrogen and oxygen atoms in total. The molecule has 0 spiro atoms. The van der Waals surface area contributed by atoms with Crippen LogP contribution in [-0.2, 0) is 19.1 Å². The van der Waals surface area contributed by atoms with Gasteiger partial charge in [0, 0.05) is 0 Å². The third kappa shape index (κ3) is 2.50. The van der Waals surface area contributed by atoms with E-state index in [1.807, 2.05) is 0 Å². The van der Waals surface area contributed by atoms with E-state index in [-0.39, 0.29) is 35.9 Å². The predicted octanol–water partition coefficient (Wildman–Crippen LogP) is 1.52. The van der Waals surface area contributed by atoms with E-state index in [1.165, 1.54) is 7.11 Å². The summed E-state index contributed by atoms with van der Waals surface area (Å²) in [6.45, 7) is -0.520. The molecule has 0 amide bonds. The van der Waals surface area contributed by atoms with Gasteiger partial charge in [-0.05, 0) is 17.7 Å². The highest BCUT2D eigenvalue weighted by molar-refractivity contribution is 6.00. The molecule has 3 rings (SSSR count). The van der Waals surface area contributed by atoms with Crippen molar-refractivity contribution in [2.24, 2.45) is 0 Å². The van der Waals surface area contributed by atoms with Gasteiger partial charge in [-0.25, -0.2) is 9.59 Å². The van der Waals surface area contributed by atoms with Crippen LogP contribution in [0, 0.1) is 0 Å². The first-order valence-corrected chi connectivity index (χ1v) is 6.85. The number of carbonyl (C=O) groups excluding carboxylic acids is 2. The lowest BCUT2D eigenvalue weighted by Crippen LogP contribution is -2.17. The average molecular weight is 318 g/mol. The van der Waals surface area contributed by atoms with Crippen LogP contribution in [0.5, 0.6) is 5.75 Å². The van der Waals surface area contributed by atoms with Crippen LogP contribution in [0.25, 0.3) is 0 Å². The van der Waals surface area contributed by atoms with Gasteiger partial charge >= 0.3 is 11.9 Å². The Kier molecular flexibility index (Phi) is 3.69. The highest BCUT2D eigenvalue weighted by Gasteiger charge is 2.41. The van der Waals surface area contributed by atoms with Crippen molar-refractivity contribution in [3.05, 3.63) is 52.5 Å². The molecule has 0 atom stereocenters. The van der Waals surface area contributed by atoms with E-state index in [9.17, 15) is 19.8 Å². The Morgan fingerprint density at radius 2 is 1.43 bits per heavy atom. The van der Waals surface area contributed by atoms with Crippen molar-refractivity contribution in [3.8, 4) is 5.75 Å². The molecule has 0 saturated heterocycles. The van der Waals surface area contributed by atoms with Gasteiger partial charge in [-0.3, -0.25) is 0 Å². The van der Waals surface area contributed by atoms with Gasteiger partial charge < -0.3 is 24.4 Å². The molecule has 0 unspecified atom stereocenters. The molecule has 0 aromatic heterocycles. The molecule has 23 heavy (non-hydrogen) atoms. The quantitative estimate of drug-likeness (QED) is 0.811. The molecule has 2 aliphatic rings. The third-order valence-corrected chi connectivity index (χ3v) is 3.77. The van der Waals surface area contributed by atoms with Crippen molar-refractivity contribution in [2.75, 3.05) is 20.3 Å². The summed E-state index contributed by atoms with van der Waals surface area (Å²) in [5.74, 6) is -2.38. The van der Waals surface area contributed by atoms with Crippen LogP contribution in [0.15, 0.2) is 46.9 Å². The lowest BCUT2D eigenvalue weighted by Gasteiger charge is -2.17. The average Bonchev–Trinajstić information content (AvgIpc) is 3.05. The number of aliphatic hydroxyl groups excluding tert-OH is 2. The standard InChI is InChI=1S/C16H14O7/c1-21-9-4-2-8(3-5-9)12(13-10(17)6-22-15(13)19)14-11(18)7-23-16(14)20/h2-5,12,17-18H,6-7H2,1H3.